The van der Waals surface area contributed by atoms with Crippen LogP contribution in [-0.2, 0) is 11.2 Å². The Morgan fingerprint density at radius 2 is 1.95 bits per heavy atom. The number of nitrogens with one attached hydrogen (secondary N) is 2. The maximum Gasteiger partial charge on any atom is 0.237 e. The van der Waals surface area contributed by atoms with Gasteiger partial charge in [0.25, 0.3) is 0 Å². The number of hydrogen-bond donors (Lipinski definition) is 2. The highest BCUT2D eigenvalue weighted by Gasteiger charge is 2.21. The van der Waals surface area contributed by atoms with Gasteiger partial charge in [0, 0.05) is 6.54 Å². The Morgan fingerprint density at radius 1 is 1.30 bits per heavy atom. The van der Waals surface area contributed by atoms with E-state index in [2.05, 4.69) is 43.5 Å². The van der Waals surface area contributed by atoms with Crippen molar-refractivity contribution >= 4 is 18.3 Å². The summed E-state index contributed by atoms with van der Waals surface area (Å²) in [5.41, 5.74) is 5.32. The predicted octanol–water partition coefficient (Wildman–Crippen LogP) is 2.44. The predicted molar refractivity (Wildman–Crippen MR) is 85.6 cm³/mol. The van der Waals surface area contributed by atoms with Crippen LogP contribution in [-0.4, -0.2) is 25.0 Å². The van der Waals surface area contributed by atoms with Gasteiger partial charge in [-0.2, -0.15) is 0 Å². The Kier molecular flexibility index (Phi) is 6.50. The van der Waals surface area contributed by atoms with Crippen molar-refractivity contribution in [2.45, 2.75) is 46.1 Å². The molecule has 1 fully saturated rings. The summed E-state index contributed by atoms with van der Waals surface area (Å²) in [4.78, 5) is 11.9. The topological polar surface area (TPSA) is 41.1 Å². The molecule has 1 aliphatic heterocycles. The summed E-state index contributed by atoms with van der Waals surface area (Å²) in [6.45, 7) is 8.11. The minimum atomic E-state index is 0. The summed E-state index contributed by atoms with van der Waals surface area (Å²) in [6, 6.07) is 4.45. The summed E-state index contributed by atoms with van der Waals surface area (Å²) in [5, 5.41) is 6.26. The highest BCUT2D eigenvalue weighted by Crippen LogP contribution is 2.16. The molecule has 1 aromatic carbocycles. The second kappa shape index (κ2) is 7.65. The largest absolute Gasteiger partial charge is 0.354 e. The average Bonchev–Trinajstić information content (AvgIpc) is 2.85. The van der Waals surface area contributed by atoms with Gasteiger partial charge in [0.1, 0.15) is 0 Å². The van der Waals surface area contributed by atoms with Crippen molar-refractivity contribution in [3.8, 4) is 0 Å². The molecule has 1 unspecified atom stereocenters. The van der Waals surface area contributed by atoms with Gasteiger partial charge < -0.3 is 10.6 Å². The summed E-state index contributed by atoms with van der Waals surface area (Å²) in [7, 11) is 0. The van der Waals surface area contributed by atoms with Crippen LogP contribution in [0.1, 0.15) is 35.1 Å². The van der Waals surface area contributed by atoms with Crippen molar-refractivity contribution in [1.82, 2.24) is 10.6 Å². The van der Waals surface area contributed by atoms with Gasteiger partial charge in [0.15, 0.2) is 0 Å². The lowest BCUT2D eigenvalue weighted by molar-refractivity contribution is -0.122. The van der Waals surface area contributed by atoms with Crippen LogP contribution in [0.2, 0.25) is 0 Å². The third kappa shape index (κ3) is 4.22. The molecular weight excluding hydrogens is 272 g/mol. The molecule has 2 N–H and O–H groups in total. The van der Waals surface area contributed by atoms with E-state index in [1.54, 1.807) is 0 Å². The first kappa shape index (κ1) is 17.0. The molecule has 0 bridgehead atoms. The maximum absolute atomic E-state index is 11.9. The number of hydrogen-bond acceptors (Lipinski definition) is 2. The first-order valence-electron chi connectivity index (χ1n) is 7.16. The molecule has 1 heterocycles. The van der Waals surface area contributed by atoms with Crippen molar-refractivity contribution in [3.05, 3.63) is 34.4 Å². The van der Waals surface area contributed by atoms with Crippen molar-refractivity contribution < 1.29 is 4.79 Å². The number of carbonyl (C=O) groups excluding carboxylic acids is 1. The monoisotopic (exact) mass is 296 g/mol. The molecule has 0 spiro atoms. The van der Waals surface area contributed by atoms with E-state index in [1.165, 1.54) is 22.3 Å². The number of benzene rings is 1. The Bertz CT molecular complexity index is 445. The molecule has 1 saturated heterocycles. The van der Waals surface area contributed by atoms with E-state index in [1.807, 2.05) is 0 Å². The second-order valence-corrected chi connectivity index (χ2v) is 5.57. The van der Waals surface area contributed by atoms with Crippen molar-refractivity contribution in [3.63, 3.8) is 0 Å². The third-order valence-corrected chi connectivity index (χ3v) is 3.89. The van der Waals surface area contributed by atoms with E-state index < -0.39 is 0 Å². The smallest absolute Gasteiger partial charge is 0.237 e. The van der Waals surface area contributed by atoms with Gasteiger partial charge in [-0.1, -0.05) is 17.7 Å². The molecule has 4 heteroatoms. The van der Waals surface area contributed by atoms with Crippen LogP contribution in [0.15, 0.2) is 12.1 Å². The summed E-state index contributed by atoms with van der Waals surface area (Å²) in [6.07, 6.45) is 2.99. The van der Waals surface area contributed by atoms with Gasteiger partial charge in [0.05, 0.1) is 6.04 Å². The van der Waals surface area contributed by atoms with Gasteiger partial charge in [-0.25, -0.2) is 0 Å². The van der Waals surface area contributed by atoms with Crippen LogP contribution in [0.25, 0.3) is 0 Å². The fourth-order valence-electron chi connectivity index (χ4n) is 2.95. The van der Waals surface area contributed by atoms with E-state index in [0.29, 0.717) is 0 Å². The Balaban J connectivity index is 0.00000200. The number of carbonyl (C=O) groups is 1. The Hall–Kier alpha value is -1.06. The quantitative estimate of drug-likeness (QED) is 0.896. The highest BCUT2D eigenvalue weighted by atomic mass is 35.5. The number of halogens is 1. The van der Waals surface area contributed by atoms with Gasteiger partial charge in [-0.15, -0.1) is 12.4 Å². The molecule has 0 aliphatic carbocycles. The zero-order valence-electron chi connectivity index (χ0n) is 12.6. The first-order chi connectivity index (χ1) is 9.08. The molecule has 0 radical (unpaired) electrons. The SMILES string of the molecule is Cc1cc(C)c(CCNC(=O)C2CCCN2)c(C)c1.Cl. The molecule has 0 saturated carbocycles. The molecule has 1 aliphatic rings. The molecule has 20 heavy (non-hydrogen) atoms. The van der Waals surface area contributed by atoms with Crippen LogP contribution >= 0.6 is 12.4 Å². The van der Waals surface area contributed by atoms with Crippen molar-refractivity contribution in [2.75, 3.05) is 13.1 Å². The van der Waals surface area contributed by atoms with Crippen molar-refractivity contribution in [2.24, 2.45) is 0 Å². The molecule has 1 atom stereocenters. The Morgan fingerprint density at radius 3 is 2.50 bits per heavy atom. The molecule has 112 valence electrons. The highest BCUT2D eigenvalue weighted by molar-refractivity contribution is 5.85. The third-order valence-electron chi connectivity index (χ3n) is 3.89. The van der Waals surface area contributed by atoms with Crippen LogP contribution in [0, 0.1) is 20.8 Å². The van der Waals surface area contributed by atoms with E-state index >= 15 is 0 Å². The molecule has 0 aromatic heterocycles. The standard InChI is InChI=1S/C16H24N2O.ClH/c1-11-9-12(2)14(13(3)10-11)6-8-18-16(19)15-5-4-7-17-15;/h9-10,15,17H,4-8H2,1-3H3,(H,18,19);1H. The number of rotatable bonds is 4. The van der Waals surface area contributed by atoms with Crippen LogP contribution in [0.4, 0.5) is 0 Å². The molecule has 3 nitrogen and oxygen atoms in total. The average molecular weight is 297 g/mol. The van der Waals surface area contributed by atoms with Crippen molar-refractivity contribution in [1.29, 1.82) is 0 Å². The fraction of sp³-hybridized carbons (Fsp3) is 0.562. The minimum Gasteiger partial charge on any atom is -0.354 e. The molecule has 1 amide bonds. The first-order valence-corrected chi connectivity index (χ1v) is 7.16. The summed E-state index contributed by atoms with van der Waals surface area (Å²) >= 11 is 0. The van der Waals surface area contributed by atoms with E-state index in [9.17, 15) is 4.79 Å². The zero-order valence-corrected chi connectivity index (χ0v) is 13.4. The van der Waals surface area contributed by atoms with Gasteiger partial charge in [-0.3, -0.25) is 4.79 Å². The maximum atomic E-state index is 11.9. The molecular formula is C16H25ClN2O. The van der Waals surface area contributed by atoms with E-state index in [4.69, 9.17) is 0 Å². The van der Waals surface area contributed by atoms with Gasteiger partial charge in [-0.05, 0) is 63.3 Å². The zero-order chi connectivity index (χ0) is 13.8. The normalized spacial score (nSPS) is 17.6. The van der Waals surface area contributed by atoms with E-state index in [0.717, 1.165) is 32.4 Å². The van der Waals surface area contributed by atoms with Crippen LogP contribution in [0.5, 0.6) is 0 Å². The number of amides is 1. The van der Waals surface area contributed by atoms with Gasteiger partial charge in [0.2, 0.25) is 5.91 Å². The summed E-state index contributed by atoms with van der Waals surface area (Å²) in [5.74, 6) is 0.153. The number of aryl methyl sites for hydroxylation is 3. The molecule has 1 aromatic rings. The summed E-state index contributed by atoms with van der Waals surface area (Å²) < 4.78 is 0. The van der Waals surface area contributed by atoms with Crippen LogP contribution in [0.3, 0.4) is 0 Å². The Labute approximate surface area is 127 Å². The van der Waals surface area contributed by atoms with Crippen LogP contribution < -0.4 is 10.6 Å². The molecule has 2 rings (SSSR count). The lowest BCUT2D eigenvalue weighted by Gasteiger charge is -2.14. The minimum absolute atomic E-state index is 0. The van der Waals surface area contributed by atoms with E-state index in [-0.39, 0.29) is 24.4 Å². The fourth-order valence-corrected chi connectivity index (χ4v) is 2.95. The lowest BCUT2D eigenvalue weighted by atomic mass is 9.97. The van der Waals surface area contributed by atoms with Gasteiger partial charge >= 0.3 is 0 Å². The lowest BCUT2D eigenvalue weighted by Crippen LogP contribution is -2.41. The second-order valence-electron chi connectivity index (χ2n) is 5.57.